The summed E-state index contributed by atoms with van der Waals surface area (Å²) >= 11 is 0. The van der Waals surface area contributed by atoms with Gasteiger partial charge in [0.2, 0.25) is 0 Å². The van der Waals surface area contributed by atoms with Crippen LogP contribution >= 0.6 is 0 Å². The molecule has 1 N–H and O–H groups in total. The molecule has 2 heteroatoms. The van der Waals surface area contributed by atoms with Crippen molar-refractivity contribution in [2.75, 3.05) is 25.1 Å². The van der Waals surface area contributed by atoms with Crippen molar-refractivity contribution in [3.05, 3.63) is 29.3 Å². The zero-order valence-corrected chi connectivity index (χ0v) is 9.55. The van der Waals surface area contributed by atoms with Crippen LogP contribution in [0.25, 0.3) is 0 Å². The lowest BCUT2D eigenvalue weighted by molar-refractivity contribution is 0.187. The van der Waals surface area contributed by atoms with E-state index in [4.69, 9.17) is 4.74 Å². The second-order valence-corrected chi connectivity index (χ2v) is 4.43. The first-order chi connectivity index (χ1) is 7.25. The fourth-order valence-electron chi connectivity index (χ4n) is 2.01. The van der Waals surface area contributed by atoms with Crippen LogP contribution in [0.15, 0.2) is 18.2 Å². The van der Waals surface area contributed by atoms with Crippen LogP contribution in [0.2, 0.25) is 0 Å². The number of rotatable bonds is 3. The van der Waals surface area contributed by atoms with Gasteiger partial charge >= 0.3 is 0 Å². The van der Waals surface area contributed by atoms with Crippen molar-refractivity contribution in [1.82, 2.24) is 0 Å². The lowest BCUT2D eigenvalue weighted by Gasteiger charge is -2.13. The average Bonchev–Trinajstić information content (AvgIpc) is 2.69. The maximum Gasteiger partial charge on any atom is 0.0511 e. The summed E-state index contributed by atoms with van der Waals surface area (Å²) in [6.07, 6.45) is 1.19. The zero-order valence-electron chi connectivity index (χ0n) is 9.55. The lowest BCUT2D eigenvalue weighted by Crippen LogP contribution is -2.14. The highest BCUT2D eigenvalue weighted by molar-refractivity contribution is 5.51. The Kier molecular flexibility index (Phi) is 3.27. The van der Waals surface area contributed by atoms with Gasteiger partial charge < -0.3 is 10.1 Å². The minimum atomic E-state index is 0.686. The Hall–Kier alpha value is -1.02. The number of aryl methyl sites for hydroxylation is 2. The molecular weight excluding hydrogens is 186 g/mol. The van der Waals surface area contributed by atoms with E-state index in [0.29, 0.717) is 5.92 Å². The van der Waals surface area contributed by atoms with E-state index in [0.717, 1.165) is 19.8 Å². The molecule has 82 valence electrons. The van der Waals surface area contributed by atoms with Gasteiger partial charge in [0, 0.05) is 24.8 Å². The zero-order chi connectivity index (χ0) is 10.7. The van der Waals surface area contributed by atoms with Crippen LogP contribution in [0.5, 0.6) is 0 Å². The summed E-state index contributed by atoms with van der Waals surface area (Å²) in [5.41, 5.74) is 3.91. The van der Waals surface area contributed by atoms with Crippen LogP contribution in [0.3, 0.4) is 0 Å². The van der Waals surface area contributed by atoms with Gasteiger partial charge in [-0.05, 0) is 31.9 Å². The fourth-order valence-corrected chi connectivity index (χ4v) is 2.01. The summed E-state index contributed by atoms with van der Waals surface area (Å²) in [5, 5.41) is 3.50. The molecular formula is C13H19NO. The van der Waals surface area contributed by atoms with E-state index in [1.165, 1.54) is 23.2 Å². The lowest BCUT2D eigenvalue weighted by atomic mass is 10.1. The summed E-state index contributed by atoms with van der Waals surface area (Å²) in [5.74, 6) is 0.686. The maximum absolute atomic E-state index is 5.35. The van der Waals surface area contributed by atoms with Gasteiger partial charge in [0.15, 0.2) is 0 Å². The molecule has 1 saturated heterocycles. The van der Waals surface area contributed by atoms with Crippen molar-refractivity contribution in [3.63, 3.8) is 0 Å². The maximum atomic E-state index is 5.35. The summed E-state index contributed by atoms with van der Waals surface area (Å²) in [6.45, 7) is 7.16. The second-order valence-electron chi connectivity index (χ2n) is 4.43. The summed E-state index contributed by atoms with van der Waals surface area (Å²) in [4.78, 5) is 0. The standard InChI is InChI=1S/C13H19NO/c1-10-3-4-13(11(2)7-10)14-8-12-5-6-15-9-12/h3-4,7,12,14H,5-6,8-9H2,1-2H3. The molecule has 1 atom stereocenters. The van der Waals surface area contributed by atoms with Gasteiger partial charge in [0.25, 0.3) is 0 Å². The molecule has 2 rings (SSSR count). The Morgan fingerprint density at radius 2 is 2.27 bits per heavy atom. The largest absolute Gasteiger partial charge is 0.384 e. The van der Waals surface area contributed by atoms with E-state index < -0.39 is 0 Å². The molecule has 1 unspecified atom stereocenters. The molecule has 0 bridgehead atoms. The van der Waals surface area contributed by atoms with E-state index >= 15 is 0 Å². The minimum absolute atomic E-state index is 0.686. The molecule has 15 heavy (non-hydrogen) atoms. The van der Waals surface area contributed by atoms with Gasteiger partial charge in [0.05, 0.1) is 6.61 Å². The van der Waals surface area contributed by atoms with Crippen LogP contribution in [0.1, 0.15) is 17.5 Å². The molecule has 1 heterocycles. The third-order valence-electron chi connectivity index (χ3n) is 2.99. The number of nitrogens with one attached hydrogen (secondary N) is 1. The predicted molar refractivity (Wildman–Crippen MR) is 63.3 cm³/mol. The number of anilines is 1. The third-order valence-corrected chi connectivity index (χ3v) is 2.99. The molecule has 0 aliphatic carbocycles. The number of benzene rings is 1. The average molecular weight is 205 g/mol. The van der Waals surface area contributed by atoms with Crippen molar-refractivity contribution < 1.29 is 4.74 Å². The highest BCUT2D eigenvalue weighted by Gasteiger charge is 2.15. The molecule has 0 saturated carbocycles. The van der Waals surface area contributed by atoms with E-state index in [-0.39, 0.29) is 0 Å². The van der Waals surface area contributed by atoms with Gasteiger partial charge in [-0.3, -0.25) is 0 Å². The fraction of sp³-hybridized carbons (Fsp3) is 0.538. The van der Waals surface area contributed by atoms with Gasteiger partial charge in [-0.25, -0.2) is 0 Å². The van der Waals surface area contributed by atoms with Crippen molar-refractivity contribution in [3.8, 4) is 0 Å². The molecule has 1 aliphatic rings. The summed E-state index contributed by atoms with van der Waals surface area (Å²) in [7, 11) is 0. The first-order valence-electron chi connectivity index (χ1n) is 5.64. The molecule has 0 radical (unpaired) electrons. The van der Waals surface area contributed by atoms with Crippen molar-refractivity contribution in [2.45, 2.75) is 20.3 Å². The van der Waals surface area contributed by atoms with E-state index in [1.54, 1.807) is 0 Å². The monoisotopic (exact) mass is 205 g/mol. The van der Waals surface area contributed by atoms with Crippen molar-refractivity contribution in [1.29, 1.82) is 0 Å². The Labute approximate surface area is 91.6 Å². The van der Waals surface area contributed by atoms with E-state index in [1.807, 2.05) is 0 Å². The van der Waals surface area contributed by atoms with E-state index in [2.05, 4.69) is 37.4 Å². The topological polar surface area (TPSA) is 21.3 Å². The highest BCUT2D eigenvalue weighted by Crippen LogP contribution is 2.18. The van der Waals surface area contributed by atoms with Crippen LogP contribution in [0, 0.1) is 19.8 Å². The first kappa shape index (κ1) is 10.5. The van der Waals surface area contributed by atoms with Gasteiger partial charge in [-0.2, -0.15) is 0 Å². The quantitative estimate of drug-likeness (QED) is 0.819. The highest BCUT2D eigenvalue weighted by atomic mass is 16.5. The van der Waals surface area contributed by atoms with Gasteiger partial charge in [0.1, 0.15) is 0 Å². The van der Waals surface area contributed by atoms with Crippen molar-refractivity contribution >= 4 is 5.69 Å². The number of hydrogen-bond donors (Lipinski definition) is 1. The minimum Gasteiger partial charge on any atom is -0.384 e. The second kappa shape index (κ2) is 4.67. The first-order valence-corrected chi connectivity index (χ1v) is 5.64. The Balaban J connectivity index is 1.92. The summed E-state index contributed by atoms with van der Waals surface area (Å²) in [6, 6.07) is 6.54. The van der Waals surface area contributed by atoms with Gasteiger partial charge in [-0.15, -0.1) is 0 Å². The number of ether oxygens (including phenoxy) is 1. The Morgan fingerprint density at radius 1 is 1.40 bits per heavy atom. The molecule has 1 fully saturated rings. The molecule has 0 spiro atoms. The molecule has 1 aromatic rings. The normalized spacial score (nSPS) is 20.5. The molecule has 0 amide bonds. The summed E-state index contributed by atoms with van der Waals surface area (Å²) < 4.78 is 5.35. The number of hydrogen-bond acceptors (Lipinski definition) is 2. The Morgan fingerprint density at radius 3 is 2.93 bits per heavy atom. The molecule has 2 nitrogen and oxygen atoms in total. The Bertz CT molecular complexity index is 329. The van der Waals surface area contributed by atoms with Crippen LogP contribution < -0.4 is 5.32 Å². The van der Waals surface area contributed by atoms with E-state index in [9.17, 15) is 0 Å². The third kappa shape index (κ3) is 2.72. The van der Waals surface area contributed by atoms with Gasteiger partial charge in [-0.1, -0.05) is 17.7 Å². The van der Waals surface area contributed by atoms with Crippen LogP contribution in [-0.4, -0.2) is 19.8 Å². The smallest absolute Gasteiger partial charge is 0.0511 e. The SMILES string of the molecule is Cc1ccc(NCC2CCOC2)c(C)c1. The van der Waals surface area contributed by atoms with Crippen LogP contribution in [-0.2, 0) is 4.74 Å². The molecule has 1 aromatic carbocycles. The molecule has 0 aromatic heterocycles. The van der Waals surface area contributed by atoms with Crippen LogP contribution in [0.4, 0.5) is 5.69 Å². The van der Waals surface area contributed by atoms with Crippen molar-refractivity contribution in [2.24, 2.45) is 5.92 Å². The molecule has 1 aliphatic heterocycles. The predicted octanol–water partition coefficient (Wildman–Crippen LogP) is 2.75.